The minimum absolute atomic E-state index is 0.136. The number of carbonyl (C=O) groups excluding carboxylic acids is 1. The highest BCUT2D eigenvalue weighted by atomic mass is 35.5. The average Bonchev–Trinajstić information content (AvgIpc) is 3.35. The Morgan fingerprint density at radius 3 is 2.77 bits per heavy atom. The van der Waals surface area contributed by atoms with Crippen molar-refractivity contribution in [2.24, 2.45) is 7.05 Å². The third-order valence-electron chi connectivity index (χ3n) is 5.14. The Morgan fingerprint density at radius 2 is 2.10 bits per heavy atom. The van der Waals surface area contributed by atoms with Crippen molar-refractivity contribution in [3.8, 4) is 11.3 Å². The minimum atomic E-state index is -3.89. The van der Waals surface area contributed by atoms with Crippen LogP contribution in [0.5, 0.6) is 0 Å². The summed E-state index contributed by atoms with van der Waals surface area (Å²) < 4.78 is 44.1. The topological polar surface area (TPSA) is 96.3 Å². The van der Waals surface area contributed by atoms with Crippen LogP contribution >= 0.6 is 22.9 Å². The van der Waals surface area contributed by atoms with E-state index >= 15 is 0 Å². The number of nitrogens with zero attached hydrogens (tertiary/aromatic N) is 3. The Kier molecular flexibility index (Phi) is 5.88. The lowest BCUT2D eigenvalue weighted by atomic mass is 10.0. The van der Waals surface area contributed by atoms with Gasteiger partial charge in [0.25, 0.3) is 10.2 Å². The zero-order chi connectivity index (χ0) is 22.3. The fraction of sp³-hybridized carbons (Fsp3) is 0.263. The number of rotatable bonds is 4. The molecule has 3 heterocycles. The van der Waals surface area contributed by atoms with E-state index in [0.717, 1.165) is 26.5 Å². The molecule has 12 heteroatoms. The fourth-order valence-electron chi connectivity index (χ4n) is 3.42. The van der Waals surface area contributed by atoms with Crippen LogP contribution in [0.3, 0.4) is 0 Å². The highest BCUT2D eigenvalue weighted by Gasteiger charge is 2.41. The predicted octanol–water partition coefficient (Wildman–Crippen LogP) is 3.16. The molecule has 1 fully saturated rings. The number of aryl methyl sites for hydroxylation is 1. The van der Waals surface area contributed by atoms with E-state index in [-0.39, 0.29) is 17.1 Å². The van der Waals surface area contributed by atoms with E-state index in [2.05, 4.69) is 15.1 Å². The number of carbonyl (C=O) groups is 1. The van der Waals surface area contributed by atoms with Crippen LogP contribution in [0.15, 0.2) is 41.9 Å². The van der Waals surface area contributed by atoms with Gasteiger partial charge < -0.3 is 5.32 Å². The molecule has 1 aromatic carbocycles. The lowest BCUT2D eigenvalue weighted by molar-refractivity contribution is -0.120. The van der Waals surface area contributed by atoms with Crippen molar-refractivity contribution in [2.45, 2.75) is 18.5 Å². The maximum Gasteiger partial charge on any atom is 0.280 e. The number of amides is 1. The van der Waals surface area contributed by atoms with Gasteiger partial charge in [0.2, 0.25) is 5.91 Å². The lowest BCUT2D eigenvalue weighted by Crippen LogP contribution is -2.55. The molecule has 0 bridgehead atoms. The molecular formula is C19H19ClFN5O3S2. The van der Waals surface area contributed by atoms with Gasteiger partial charge >= 0.3 is 0 Å². The van der Waals surface area contributed by atoms with Crippen LogP contribution in [0.2, 0.25) is 5.02 Å². The Labute approximate surface area is 187 Å². The number of hydrogen-bond donors (Lipinski definition) is 2. The molecule has 1 aliphatic heterocycles. The molecule has 31 heavy (non-hydrogen) atoms. The summed E-state index contributed by atoms with van der Waals surface area (Å²) in [6.45, 7) is 0. The number of likely N-dealkylation sites (N-methyl/N-ethyl adjacent to an activating group) is 1. The van der Waals surface area contributed by atoms with E-state index in [1.807, 2.05) is 24.6 Å². The second kappa shape index (κ2) is 8.32. The van der Waals surface area contributed by atoms with Crippen LogP contribution in [0.25, 0.3) is 11.3 Å². The molecule has 3 aromatic rings. The molecule has 1 saturated heterocycles. The molecule has 1 aliphatic rings. The number of anilines is 1. The maximum atomic E-state index is 13.4. The molecule has 8 nitrogen and oxygen atoms in total. The summed E-state index contributed by atoms with van der Waals surface area (Å²) >= 11 is 7.18. The molecule has 4 rings (SSSR count). The number of halogens is 2. The van der Waals surface area contributed by atoms with Gasteiger partial charge in [0, 0.05) is 41.8 Å². The van der Waals surface area contributed by atoms with Crippen LogP contribution in [0.1, 0.15) is 17.3 Å². The first-order valence-electron chi connectivity index (χ1n) is 9.23. The van der Waals surface area contributed by atoms with Gasteiger partial charge in [-0.15, -0.1) is 11.3 Å². The SMILES string of the molecule is CN1C(C(=O)Nc2ccc(F)c(Cl)c2)CC(c2cc(-c3ccnn3C)cs2)NS1(=O)=O. The van der Waals surface area contributed by atoms with Gasteiger partial charge in [0.05, 0.1) is 16.8 Å². The Morgan fingerprint density at radius 1 is 1.32 bits per heavy atom. The lowest BCUT2D eigenvalue weighted by Gasteiger charge is -2.35. The highest BCUT2D eigenvalue weighted by molar-refractivity contribution is 7.87. The first-order valence-corrected chi connectivity index (χ1v) is 11.9. The van der Waals surface area contributed by atoms with Crippen molar-refractivity contribution >= 4 is 44.7 Å². The average molecular weight is 484 g/mol. The van der Waals surface area contributed by atoms with Gasteiger partial charge in [-0.05, 0) is 36.8 Å². The smallest absolute Gasteiger partial charge is 0.280 e. The Bertz CT molecular complexity index is 1240. The summed E-state index contributed by atoms with van der Waals surface area (Å²) in [7, 11) is -0.718. The molecule has 1 amide bonds. The Hall–Kier alpha value is -2.31. The number of thiophene rings is 1. The fourth-order valence-corrected chi connectivity index (χ4v) is 5.91. The summed E-state index contributed by atoms with van der Waals surface area (Å²) in [6.07, 6.45) is 1.91. The van der Waals surface area contributed by atoms with Gasteiger partial charge in [-0.25, -0.2) is 4.39 Å². The van der Waals surface area contributed by atoms with E-state index < -0.39 is 34.0 Å². The van der Waals surface area contributed by atoms with Crippen LogP contribution < -0.4 is 10.0 Å². The van der Waals surface area contributed by atoms with E-state index in [1.165, 1.54) is 30.5 Å². The molecule has 2 atom stereocenters. The maximum absolute atomic E-state index is 13.4. The normalized spacial score (nSPS) is 21.2. The predicted molar refractivity (Wildman–Crippen MR) is 118 cm³/mol. The van der Waals surface area contributed by atoms with Crippen LogP contribution in [0.4, 0.5) is 10.1 Å². The summed E-state index contributed by atoms with van der Waals surface area (Å²) in [5.74, 6) is -1.13. The monoisotopic (exact) mass is 483 g/mol. The number of benzene rings is 1. The summed E-state index contributed by atoms with van der Waals surface area (Å²) in [5, 5.41) is 8.56. The van der Waals surface area contributed by atoms with Gasteiger partial charge in [0.1, 0.15) is 11.9 Å². The number of hydrogen-bond acceptors (Lipinski definition) is 5. The quantitative estimate of drug-likeness (QED) is 0.595. The minimum Gasteiger partial charge on any atom is -0.325 e. The first kappa shape index (κ1) is 21.9. The standard InChI is InChI=1S/C19H19ClFN5O3S2/c1-25-16(5-6-22-25)11-7-18(30-10-11)15-9-17(26(2)31(28,29)24-15)19(27)23-12-3-4-14(21)13(20)8-12/h3-8,10,15,17,24H,9H2,1-2H3,(H,23,27). The third-order valence-corrected chi connectivity index (χ3v) is 8.07. The zero-order valence-corrected chi connectivity index (χ0v) is 18.9. The third kappa shape index (κ3) is 4.37. The first-order chi connectivity index (χ1) is 14.7. The number of nitrogens with one attached hydrogen (secondary N) is 2. The van der Waals surface area contributed by atoms with Crippen molar-refractivity contribution < 1.29 is 17.6 Å². The van der Waals surface area contributed by atoms with Crippen LogP contribution in [-0.4, -0.2) is 41.5 Å². The molecule has 0 radical (unpaired) electrons. The summed E-state index contributed by atoms with van der Waals surface area (Å²) in [4.78, 5) is 13.7. The summed E-state index contributed by atoms with van der Waals surface area (Å²) in [5.41, 5.74) is 2.10. The zero-order valence-electron chi connectivity index (χ0n) is 16.5. The molecule has 0 aliphatic carbocycles. The molecule has 2 unspecified atom stereocenters. The molecule has 164 valence electrons. The van der Waals surface area contributed by atoms with E-state index in [4.69, 9.17) is 11.6 Å². The van der Waals surface area contributed by atoms with Crippen molar-refractivity contribution in [1.29, 1.82) is 0 Å². The highest BCUT2D eigenvalue weighted by Crippen LogP contribution is 2.35. The van der Waals surface area contributed by atoms with Crippen molar-refractivity contribution in [3.05, 3.63) is 57.6 Å². The molecule has 0 saturated carbocycles. The van der Waals surface area contributed by atoms with E-state index in [9.17, 15) is 17.6 Å². The van der Waals surface area contributed by atoms with Gasteiger partial charge in [-0.3, -0.25) is 9.48 Å². The molecular weight excluding hydrogens is 465 g/mol. The van der Waals surface area contributed by atoms with Gasteiger partial charge in [0.15, 0.2) is 0 Å². The van der Waals surface area contributed by atoms with Crippen molar-refractivity contribution in [2.75, 3.05) is 12.4 Å². The van der Waals surface area contributed by atoms with Crippen molar-refractivity contribution in [1.82, 2.24) is 18.8 Å². The van der Waals surface area contributed by atoms with Crippen LogP contribution in [-0.2, 0) is 22.1 Å². The van der Waals surface area contributed by atoms with E-state index in [1.54, 1.807) is 10.9 Å². The summed E-state index contributed by atoms with van der Waals surface area (Å²) in [6, 6.07) is 6.02. The Balaban J connectivity index is 1.58. The second-order valence-electron chi connectivity index (χ2n) is 7.14. The van der Waals surface area contributed by atoms with Gasteiger partial charge in [-0.1, -0.05) is 11.6 Å². The van der Waals surface area contributed by atoms with E-state index in [0.29, 0.717) is 0 Å². The molecule has 0 spiro atoms. The number of aromatic nitrogens is 2. The second-order valence-corrected chi connectivity index (χ2v) is 10.3. The molecule has 2 N–H and O–H groups in total. The largest absolute Gasteiger partial charge is 0.325 e. The van der Waals surface area contributed by atoms with Crippen LogP contribution in [0, 0.1) is 5.82 Å². The van der Waals surface area contributed by atoms with Crippen molar-refractivity contribution in [3.63, 3.8) is 0 Å². The molecule has 2 aromatic heterocycles. The van der Waals surface area contributed by atoms with Gasteiger partial charge in [-0.2, -0.15) is 22.5 Å².